The van der Waals surface area contributed by atoms with Crippen LogP contribution in [0.1, 0.15) is 32.1 Å². The molecule has 4 heteroatoms. The van der Waals surface area contributed by atoms with Crippen LogP contribution in [0.15, 0.2) is 30.6 Å². The normalized spacial score (nSPS) is 24.1. The van der Waals surface area contributed by atoms with E-state index in [0.29, 0.717) is 5.88 Å². The minimum absolute atomic E-state index is 0.0702. The fraction of sp³-hybridized carbons (Fsp3) is 0.467. The van der Waals surface area contributed by atoms with E-state index in [1.54, 1.807) is 6.33 Å². The zero-order valence-electron chi connectivity index (χ0n) is 11.0. The third-order valence-corrected chi connectivity index (χ3v) is 3.77. The van der Waals surface area contributed by atoms with E-state index >= 15 is 0 Å². The molecule has 1 heterocycles. The van der Waals surface area contributed by atoms with Crippen molar-refractivity contribution in [2.24, 2.45) is 5.73 Å². The van der Waals surface area contributed by atoms with E-state index in [0.717, 1.165) is 23.7 Å². The molecule has 2 atom stereocenters. The number of hydrogen-bond donors (Lipinski definition) is 1. The zero-order valence-corrected chi connectivity index (χ0v) is 11.0. The fourth-order valence-corrected chi connectivity index (χ4v) is 2.67. The maximum absolute atomic E-state index is 6.20. The summed E-state index contributed by atoms with van der Waals surface area (Å²) in [4.78, 5) is 8.53. The van der Waals surface area contributed by atoms with E-state index in [1.807, 2.05) is 24.3 Å². The zero-order chi connectivity index (χ0) is 13.1. The Hall–Kier alpha value is -1.68. The summed E-state index contributed by atoms with van der Waals surface area (Å²) in [5.41, 5.74) is 7.11. The quantitative estimate of drug-likeness (QED) is 0.840. The SMILES string of the molecule is NC1CCCCCC1Oc1ncnc2ccccc12. The molecular weight excluding hydrogens is 238 g/mol. The van der Waals surface area contributed by atoms with Gasteiger partial charge < -0.3 is 10.5 Å². The van der Waals surface area contributed by atoms with Gasteiger partial charge in [-0.1, -0.05) is 25.0 Å². The Balaban J connectivity index is 1.88. The van der Waals surface area contributed by atoms with Crippen molar-refractivity contribution < 1.29 is 4.74 Å². The van der Waals surface area contributed by atoms with Crippen LogP contribution in [0.5, 0.6) is 5.88 Å². The van der Waals surface area contributed by atoms with Crippen molar-refractivity contribution in [3.63, 3.8) is 0 Å². The molecular formula is C15H19N3O. The number of nitrogens with zero attached hydrogens (tertiary/aromatic N) is 2. The van der Waals surface area contributed by atoms with Crippen molar-refractivity contribution in [1.82, 2.24) is 9.97 Å². The lowest BCUT2D eigenvalue weighted by Crippen LogP contribution is -2.38. The van der Waals surface area contributed by atoms with Gasteiger partial charge in [-0.3, -0.25) is 0 Å². The van der Waals surface area contributed by atoms with Crippen LogP contribution in [0.3, 0.4) is 0 Å². The average Bonchev–Trinajstić information content (AvgIpc) is 2.65. The molecule has 0 bridgehead atoms. The summed E-state index contributed by atoms with van der Waals surface area (Å²) >= 11 is 0. The average molecular weight is 257 g/mol. The van der Waals surface area contributed by atoms with Gasteiger partial charge in [0.1, 0.15) is 12.4 Å². The number of hydrogen-bond acceptors (Lipinski definition) is 4. The highest BCUT2D eigenvalue weighted by Gasteiger charge is 2.23. The van der Waals surface area contributed by atoms with Crippen molar-refractivity contribution in [3.8, 4) is 5.88 Å². The Bertz CT molecular complexity index is 553. The van der Waals surface area contributed by atoms with Crippen molar-refractivity contribution in [2.75, 3.05) is 0 Å². The van der Waals surface area contributed by atoms with E-state index in [2.05, 4.69) is 9.97 Å². The highest BCUT2D eigenvalue weighted by atomic mass is 16.5. The Morgan fingerprint density at radius 1 is 1.05 bits per heavy atom. The summed E-state index contributed by atoms with van der Waals surface area (Å²) in [6.45, 7) is 0. The number of fused-ring (bicyclic) bond motifs is 1. The van der Waals surface area contributed by atoms with Crippen molar-refractivity contribution in [2.45, 2.75) is 44.2 Å². The first-order valence-electron chi connectivity index (χ1n) is 6.96. The molecule has 2 aromatic rings. The van der Waals surface area contributed by atoms with E-state index in [9.17, 15) is 0 Å². The Labute approximate surface area is 113 Å². The molecule has 19 heavy (non-hydrogen) atoms. The Morgan fingerprint density at radius 3 is 2.84 bits per heavy atom. The molecule has 1 saturated carbocycles. The van der Waals surface area contributed by atoms with Gasteiger partial charge >= 0.3 is 0 Å². The molecule has 1 aliphatic carbocycles. The largest absolute Gasteiger partial charge is 0.472 e. The van der Waals surface area contributed by atoms with Gasteiger partial charge in [-0.25, -0.2) is 9.97 Å². The van der Waals surface area contributed by atoms with Gasteiger partial charge in [0.05, 0.1) is 10.9 Å². The molecule has 2 N–H and O–H groups in total. The molecule has 2 unspecified atom stereocenters. The summed E-state index contributed by atoms with van der Waals surface area (Å²) in [5, 5.41) is 0.960. The second kappa shape index (κ2) is 5.53. The van der Waals surface area contributed by atoms with Crippen molar-refractivity contribution in [1.29, 1.82) is 0 Å². The number of nitrogens with two attached hydrogens (primary N) is 1. The van der Waals surface area contributed by atoms with Crippen LogP contribution in [0.2, 0.25) is 0 Å². The van der Waals surface area contributed by atoms with Gasteiger partial charge in [0.2, 0.25) is 5.88 Å². The van der Waals surface area contributed by atoms with Crippen LogP contribution in [0.4, 0.5) is 0 Å². The van der Waals surface area contributed by atoms with Gasteiger partial charge in [0.25, 0.3) is 0 Å². The topological polar surface area (TPSA) is 61.0 Å². The lowest BCUT2D eigenvalue weighted by Gasteiger charge is -2.22. The summed E-state index contributed by atoms with van der Waals surface area (Å²) in [6, 6.07) is 8.02. The number of ether oxygens (including phenoxy) is 1. The third-order valence-electron chi connectivity index (χ3n) is 3.77. The minimum Gasteiger partial charge on any atom is -0.472 e. The second-order valence-electron chi connectivity index (χ2n) is 5.15. The Morgan fingerprint density at radius 2 is 1.89 bits per heavy atom. The van der Waals surface area contributed by atoms with Crippen LogP contribution in [-0.2, 0) is 0 Å². The minimum atomic E-state index is 0.0702. The maximum Gasteiger partial charge on any atom is 0.224 e. The van der Waals surface area contributed by atoms with E-state index in [-0.39, 0.29) is 12.1 Å². The number of aromatic nitrogens is 2. The van der Waals surface area contributed by atoms with Gasteiger partial charge in [-0.2, -0.15) is 0 Å². The molecule has 0 spiro atoms. The molecule has 100 valence electrons. The molecule has 1 aliphatic rings. The van der Waals surface area contributed by atoms with Crippen LogP contribution in [0, 0.1) is 0 Å². The molecule has 1 aromatic carbocycles. The predicted molar refractivity (Wildman–Crippen MR) is 75.0 cm³/mol. The Kier molecular flexibility index (Phi) is 3.60. The lowest BCUT2D eigenvalue weighted by molar-refractivity contribution is 0.158. The van der Waals surface area contributed by atoms with E-state index in [4.69, 9.17) is 10.5 Å². The highest BCUT2D eigenvalue weighted by molar-refractivity contribution is 5.82. The molecule has 1 aromatic heterocycles. The second-order valence-corrected chi connectivity index (χ2v) is 5.15. The maximum atomic E-state index is 6.20. The lowest BCUT2D eigenvalue weighted by atomic mass is 10.1. The van der Waals surface area contributed by atoms with E-state index in [1.165, 1.54) is 19.3 Å². The molecule has 4 nitrogen and oxygen atoms in total. The molecule has 3 rings (SSSR count). The van der Waals surface area contributed by atoms with Gasteiger partial charge in [-0.15, -0.1) is 0 Å². The van der Waals surface area contributed by atoms with Crippen molar-refractivity contribution in [3.05, 3.63) is 30.6 Å². The van der Waals surface area contributed by atoms with Gasteiger partial charge in [0.15, 0.2) is 0 Å². The first-order valence-corrected chi connectivity index (χ1v) is 6.96. The predicted octanol–water partition coefficient (Wildman–Crippen LogP) is 2.67. The summed E-state index contributed by atoms with van der Waals surface area (Å²) < 4.78 is 6.08. The summed E-state index contributed by atoms with van der Waals surface area (Å²) in [5.74, 6) is 0.660. The first kappa shape index (κ1) is 12.4. The third kappa shape index (κ3) is 2.68. The van der Waals surface area contributed by atoms with Crippen LogP contribution in [-0.4, -0.2) is 22.1 Å². The molecule has 0 amide bonds. The van der Waals surface area contributed by atoms with Gasteiger partial charge in [0, 0.05) is 6.04 Å². The summed E-state index contributed by atoms with van der Waals surface area (Å²) in [6.07, 6.45) is 7.30. The van der Waals surface area contributed by atoms with Gasteiger partial charge in [-0.05, 0) is 31.4 Å². The number of rotatable bonds is 2. The standard InChI is InChI=1S/C15H19N3O/c16-12-7-2-1-3-9-14(12)19-15-11-6-4-5-8-13(11)17-10-18-15/h4-6,8,10,12,14H,1-3,7,9,16H2. The van der Waals surface area contributed by atoms with Crippen LogP contribution in [0.25, 0.3) is 10.9 Å². The number of para-hydroxylation sites is 1. The first-order chi connectivity index (χ1) is 9.34. The van der Waals surface area contributed by atoms with Crippen LogP contribution >= 0.6 is 0 Å². The monoisotopic (exact) mass is 257 g/mol. The van der Waals surface area contributed by atoms with Crippen molar-refractivity contribution >= 4 is 10.9 Å². The smallest absolute Gasteiger partial charge is 0.224 e. The summed E-state index contributed by atoms with van der Waals surface area (Å²) in [7, 11) is 0. The molecule has 0 aliphatic heterocycles. The molecule has 1 fully saturated rings. The fourth-order valence-electron chi connectivity index (χ4n) is 2.67. The molecule has 0 radical (unpaired) electrons. The van der Waals surface area contributed by atoms with Crippen LogP contribution < -0.4 is 10.5 Å². The van der Waals surface area contributed by atoms with E-state index < -0.39 is 0 Å². The number of benzene rings is 1. The highest BCUT2D eigenvalue weighted by Crippen LogP contribution is 2.25. The molecule has 0 saturated heterocycles.